The zero-order valence-corrected chi connectivity index (χ0v) is 13.4. The van der Waals surface area contributed by atoms with Crippen molar-refractivity contribution in [3.63, 3.8) is 0 Å². The monoisotopic (exact) mass is 312 g/mol. The fraction of sp³-hybridized carbons (Fsp3) is 0.571. The summed E-state index contributed by atoms with van der Waals surface area (Å²) in [5.74, 6) is 0.750. The first kappa shape index (κ1) is 15.5. The fourth-order valence-corrected chi connectivity index (χ4v) is 3.88. The Labute approximate surface area is 127 Å². The molecular weight excluding hydrogens is 292 g/mol. The third-order valence-electron chi connectivity index (χ3n) is 3.49. The van der Waals surface area contributed by atoms with E-state index >= 15 is 0 Å². The van der Waals surface area contributed by atoms with Gasteiger partial charge in [-0.2, -0.15) is 0 Å². The Morgan fingerprint density at radius 2 is 2.40 bits per heavy atom. The minimum absolute atomic E-state index is 0.0635. The predicted octanol–water partition coefficient (Wildman–Crippen LogP) is 1.76. The number of likely N-dealkylation sites (N-methyl/N-ethyl adjacent to an activating group) is 1. The van der Waals surface area contributed by atoms with E-state index in [2.05, 4.69) is 23.7 Å². The van der Waals surface area contributed by atoms with Crippen molar-refractivity contribution in [2.75, 3.05) is 19.3 Å². The van der Waals surface area contributed by atoms with Crippen LogP contribution in [0.25, 0.3) is 0 Å². The molecule has 1 aromatic rings. The van der Waals surface area contributed by atoms with Gasteiger partial charge in [-0.25, -0.2) is 0 Å². The molecular formula is C14H20N2O2S2. The van der Waals surface area contributed by atoms with Crippen LogP contribution in [-0.4, -0.2) is 47.4 Å². The topological polar surface area (TPSA) is 49.4 Å². The van der Waals surface area contributed by atoms with Crippen molar-refractivity contribution in [1.29, 1.82) is 0 Å². The van der Waals surface area contributed by atoms with Crippen LogP contribution in [0.4, 0.5) is 0 Å². The van der Waals surface area contributed by atoms with Gasteiger partial charge in [0.1, 0.15) is 0 Å². The summed E-state index contributed by atoms with van der Waals surface area (Å²) in [6.07, 6.45) is 1.70. The molecule has 4 nitrogen and oxygen atoms in total. The first-order chi connectivity index (χ1) is 9.56. The molecule has 0 spiro atoms. The van der Waals surface area contributed by atoms with E-state index in [4.69, 9.17) is 0 Å². The van der Waals surface area contributed by atoms with Gasteiger partial charge in [0.15, 0.2) is 0 Å². The van der Waals surface area contributed by atoms with Gasteiger partial charge >= 0.3 is 0 Å². The summed E-state index contributed by atoms with van der Waals surface area (Å²) in [4.78, 5) is 26.8. The van der Waals surface area contributed by atoms with E-state index < -0.39 is 0 Å². The highest BCUT2D eigenvalue weighted by molar-refractivity contribution is 8.14. The molecule has 1 aliphatic heterocycles. The van der Waals surface area contributed by atoms with E-state index in [9.17, 15) is 9.59 Å². The molecule has 20 heavy (non-hydrogen) atoms. The van der Waals surface area contributed by atoms with Gasteiger partial charge in [0.2, 0.25) is 11.0 Å². The van der Waals surface area contributed by atoms with E-state index in [1.165, 1.54) is 16.6 Å². The number of amides is 1. The molecule has 1 aromatic heterocycles. The van der Waals surface area contributed by atoms with Crippen LogP contribution < -0.4 is 5.32 Å². The van der Waals surface area contributed by atoms with Gasteiger partial charge in [-0.1, -0.05) is 17.8 Å². The Balaban J connectivity index is 1.76. The van der Waals surface area contributed by atoms with Crippen LogP contribution in [-0.2, 0) is 16.0 Å². The highest BCUT2D eigenvalue weighted by atomic mass is 32.2. The lowest BCUT2D eigenvalue weighted by Crippen LogP contribution is -2.44. The van der Waals surface area contributed by atoms with Crippen LogP contribution in [0.2, 0.25) is 0 Å². The highest BCUT2D eigenvalue weighted by Crippen LogP contribution is 2.19. The molecule has 0 unspecified atom stereocenters. The summed E-state index contributed by atoms with van der Waals surface area (Å²) in [6, 6.07) is 4.17. The van der Waals surface area contributed by atoms with Crippen molar-refractivity contribution in [3.8, 4) is 0 Å². The number of rotatable bonds is 6. The van der Waals surface area contributed by atoms with Crippen molar-refractivity contribution in [1.82, 2.24) is 10.2 Å². The molecule has 2 heterocycles. The number of thioether (sulfide) groups is 1. The summed E-state index contributed by atoms with van der Waals surface area (Å²) < 4.78 is 0. The van der Waals surface area contributed by atoms with Crippen molar-refractivity contribution >= 4 is 34.1 Å². The molecule has 1 saturated heterocycles. The number of nitrogens with zero attached hydrogens (tertiary/aromatic N) is 1. The normalized spacial score (nSPS) is 20.4. The van der Waals surface area contributed by atoms with Gasteiger partial charge in [-0.15, -0.1) is 11.3 Å². The Hall–Kier alpha value is -0.850. The van der Waals surface area contributed by atoms with Crippen LogP contribution in [0.15, 0.2) is 17.5 Å². The van der Waals surface area contributed by atoms with Gasteiger partial charge in [-0.05, 0) is 38.3 Å². The first-order valence-corrected chi connectivity index (χ1v) is 8.61. The van der Waals surface area contributed by atoms with Crippen LogP contribution in [0, 0.1) is 0 Å². The number of carbonyl (C=O) groups excluding carboxylic acids is 2. The van der Waals surface area contributed by atoms with Gasteiger partial charge in [0.05, 0.1) is 12.6 Å². The predicted molar refractivity (Wildman–Crippen MR) is 84.1 cm³/mol. The molecule has 0 bridgehead atoms. The molecule has 1 amide bonds. The summed E-state index contributed by atoms with van der Waals surface area (Å²) in [5, 5.41) is 4.98. The molecule has 2 atom stereocenters. The van der Waals surface area contributed by atoms with Crippen molar-refractivity contribution in [3.05, 3.63) is 22.4 Å². The quantitative estimate of drug-likeness (QED) is 0.869. The Kier molecular flexibility index (Phi) is 5.63. The van der Waals surface area contributed by atoms with Gasteiger partial charge in [0.25, 0.3) is 0 Å². The summed E-state index contributed by atoms with van der Waals surface area (Å²) in [7, 11) is 1.95. The van der Waals surface area contributed by atoms with Crippen LogP contribution >= 0.6 is 23.1 Å². The highest BCUT2D eigenvalue weighted by Gasteiger charge is 2.27. The maximum absolute atomic E-state index is 12.0. The van der Waals surface area contributed by atoms with E-state index in [1.807, 2.05) is 18.0 Å². The average Bonchev–Trinajstić information content (AvgIpc) is 3.02. The lowest BCUT2D eigenvalue weighted by atomic mass is 10.2. The molecule has 0 radical (unpaired) electrons. The van der Waals surface area contributed by atoms with Crippen LogP contribution in [0.5, 0.6) is 0 Å². The maximum atomic E-state index is 12.0. The molecule has 110 valence electrons. The Morgan fingerprint density at radius 3 is 3.00 bits per heavy atom. The number of thiophene rings is 1. The van der Waals surface area contributed by atoms with Gasteiger partial charge in [0, 0.05) is 16.7 Å². The largest absolute Gasteiger partial charge is 0.344 e. The van der Waals surface area contributed by atoms with E-state index in [0.29, 0.717) is 12.6 Å². The second kappa shape index (κ2) is 7.24. The van der Waals surface area contributed by atoms with E-state index in [1.54, 1.807) is 11.3 Å². The first-order valence-electron chi connectivity index (χ1n) is 6.75. The molecule has 0 saturated carbocycles. The van der Waals surface area contributed by atoms with Crippen molar-refractivity contribution in [2.45, 2.75) is 31.8 Å². The Morgan fingerprint density at radius 1 is 1.60 bits per heavy atom. The second-order valence-electron chi connectivity index (χ2n) is 5.12. The van der Waals surface area contributed by atoms with Crippen molar-refractivity contribution in [2.24, 2.45) is 0 Å². The number of nitrogens with one attached hydrogen (secondary N) is 1. The molecule has 1 N–H and O–H groups in total. The standard InChI is InChI=1S/C14H20N2O2S2/c1-10(8-11-4-3-6-19-11)16(2)9-13(17)15-12-5-7-20-14(12)18/h3-4,6,10,12H,5,7-9H2,1-2H3,(H,15,17)/t10-,12+/m0/s1. The van der Waals surface area contributed by atoms with Gasteiger partial charge in [-0.3, -0.25) is 14.5 Å². The smallest absolute Gasteiger partial charge is 0.234 e. The summed E-state index contributed by atoms with van der Waals surface area (Å²) in [5.41, 5.74) is 0. The number of carbonyl (C=O) groups is 2. The molecule has 6 heteroatoms. The minimum atomic E-state index is -0.284. The van der Waals surface area contributed by atoms with Gasteiger partial charge < -0.3 is 5.32 Å². The lowest BCUT2D eigenvalue weighted by molar-refractivity contribution is -0.125. The number of hydrogen-bond acceptors (Lipinski definition) is 5. The lowest BCUT2D eigenvalue weighted by Gasteiger charge is -2.24. The second-order valence-corrected chi connectivity index (χ2v) is 7.26. The fourth-order valence-electron chi connectivity index (χ4n) is 2.12. The molecule has 1 aliphatic rings. The zero-order valence-electron chi connectivity index (χ0n) is 11.8. The summed E-state index contributed by atoms with van der Waals surface area (Å²) in [6.45, 7) is 2.45. The minimum Gasteiger partial charge on any atom is -0.344 e. The zero-order chi connectivity index (χ0) is 14.5. The third kappa shape index (κ3) is 4.33. The molecule has 0 aliphatic carbocycles. The Bertz CT molecular complexity index is 462. The molecule has 0 aromatic carbocycles. The van der Waals surface area contributed by atoms with Crippen molar-refractivity contribution < 1.29 is 9.59 Å². The number of hydrogen-bond donors (Lipinski definition) is 1. The third-order valence-corrected chi connectivity index (χ3v) is 5.40. The molecule has 2 rings (SSSR count). The average molecular weight is 312 g/mol. The SMILES string of the molecule is C[C@@H](Cc1cccs1)N(C)CC(=O)N[C@@H]1CCSC1=O. The van der Waals surface area contributed by atoms with E-state index in [-0.39, 0.29) is 17.1 Å². The van der Waals surface area contributed by atoms with Crippen LogP contribution in [0.1, 0.15) is 18.2 Å². The maximum Gasteiger partial charge on any atom is 0.234 e. The summed E-state index contributed by atoms with van der Waals surface area (Å²) >= 11 is 3.05. The molecule has 1 fully saturated rings. The van der Waals surface area contributed by atoms with E-state index in [0.717, 1.165) is 18.6 Å². The van der Waals surface area contributed by atoms with Crippen LogP contribution in [0.3, 0.4) is 0 Å².